The van der Waals surface area contributed by atoms with Crippen molar-refractivity contribution in [3.05, 3.63) is 0 Å². The lowest BCUT2D eigenvalue weighted by molar-refractivity contribution is -0.139. The Morgan fingerprint density at radius 2 is 1.89 bits per heavy atom. The van der Waals surface area contributed by atoms with Gasteiger partial charge in [-0.05, 0) is 0 Å². The van der Waals surface area contributed by atoms with E-state index in [0.29, 0.717) is 0 Å². The number of aliphatic carboxylic acids is 1. The van der Waals surface area contributed by atoms with Crippen molar-refractivity contribution in [2.24, 2.45) is 5.73 Å². The molecule has 0 saturated heterocycles. The summed E-state index contributed by atoms with van der Waals surface area (Å²) in [6.07, 6.45) is -2.99. The lowest BCUT2D eigenvalue weighted by atomic mass is 10.5. The molecular formula is C3H6N2O4. The molecule has 0 radical (unpaired) electrons. The predicted molar refractivity (Wildman–Crippen MR) is 26.8 cm³/mol. The average Bonchev–Trinajstić information content (AvgIpc) is 1.63. The van der Waals surface area contributed by atoms with Gasteiger partial charge in [-0.2, -0.15) is 0 Å². The number of amides is 1. The van der Waals surface area contributed by atoms with Crippen LogP contribution in [-0.4, -0.2) is 28.4 Å². The van der Waals surface area contributed by atoms with Crippen LogP contribution in [0.4, 0.5) is 4.79 Å². The Hall–Kier alpha value is -1.30. The van der Waals surface area contributed by atoms with Gasteiger partial charge in [-0.1, -0.05) is 0 Å². The topological polar surface area (TPSA) is 113 Å². The molecule has 0 aromatic rings. The second-order valence-corrected chi connectivity index (χ2v) is 1.27. The highest BCUT2D eigenvalue weighted by molar-refractivity contribution is 5.78. The van der Waals surface area contributed by atoms with Crippen molar-refractivity contribution >= 4 is 12.1 Å². The number of carboxylic acids is 1. The predicted octanol–water partition coefficient (Wildman–Crippen LogP) is -1.38. The van der Waals surface area contributed by atoms with Crippen LogP contribution in [0.15, 0.2) is 0 Å². The SMILES string of the molecule is NC(NC(=O)O)C(=O)O. The number of hydrogen-bond acceptors (Lipinski definition) is 3. The quantitative estimate of drug-likeness (QED) is 0.348. The minimum absolute atomic E-state index is 1.41. The van der Waals surface area contributed by atoms with Gasteiger partial charge in [0, 0.05) is 0 Å². The van der Waals surface area contributed by atoms with Crippen LogP contribution in [0.25, 0.3) is 0 Å². The second-order valence-electron chi connectivity index (χ2n) is 1.27. The molecule has 0 rings (SSSR count). The number of nitrogens with one attached hydrogen (secondary N) is 1. The van der Waals surface area contributed by atoms with Crippen molar-refractivity contribution in [3.63, 3.8) is 0 Å². The lowest BCUT2D eigenvalue weighted by Gasteiger charge is -2.03. The fourth-order valence-corrected chi connectivity index (χ4v) is 0.195. The lowest BCUT2D eigenvalue weighted by Crippen LogP contribution is -2.46. The Labute approximate surface area is 50.3 Å². The monoisotopic (exact) mass is 134 g/mol. The number of carboxylic acid groups (broad SMARTS) is 2. The van der Waals surface area contributed by atoms with Gasteiger partial charge in [0.05, 0.1) is 0 Å². The molecule has 9 heavy (non-hydrogen) atoms. The number of nitrogens with two attached hydrogens (primary N) is 1. The molecule has 0 bridgehead atoms. The van der Waals surface area contributed by atoms with E-state index in [-0.39, 0.29) is 0 Å². The third-order valence-electron chi connectivity index (χ3n) is 0.545. The van der Waals surface area contributed by atoms with E-state index in [1.165, 1.54) is 5.32 Å². The molecule has 0 aliphatic rings. The Balaban J connectivity index is 3.63. The standard InChI is InChI=1S/C3H6N2O4/c4-1(2(6)7)5-3(8)9/h1,5H,4H2,(H,6,7)(H,8,9). The van der Waals surface area contributed by atoms with E-state index < -0.39 is 18.2 Å². The van der Waals surface area contributed by atoms with Crippen LogP contribution >= 0.6 is 0 Å². The van der Waals surface area contributed by atoms with Crippen LogP contribution in [0.3, 0.4) is 0 Å². The van der Waals surface area contributed by atoms with Gasteiger partial charge in [0.15, 0.2) is 6.17 Å². The number of hydrogen-bond donors (Lipinski definition) is 4. The summed E-state index contributed by atoms with van der Waals surface area (Å²) < 4.78 is 0. The van der Waals surface area contributed by atoms with Crippen molar-refractivity contribution in [2.75, 3.05) is 0 Å². The molecule has 5 N–H and O–H groups in total. The molecule has 1 unspecified atom stereocenters. The Bertz CT molecular complexity index is 134. The highest BCUT2D eigenvalue weighted by Gasteiger charge is 2.12. The first-order chi connectivity index (χ1) is 4.04. The Morgan fingerprint density at radius 3 is 2.00 bits per heavy atom. The van der Waals surface area contributed by atoms with Crippen molar-refractivity contribution in [1.82, 2.24) is 5.32 Å². The minimum Gasteiger partial charge on any atom is -0.479 e. The molecule has 0 aliphatic heterocycles. The zero-order chi connectivity index (χ0) is 7.44. The maximum Gasteiger partial charge on any atom is 0.406 e. The van der Waals surface area contributed by atoms with E-state index in [2.05, 4.69) is 0 Å². The molecule has 6 nitrogen and oxygen atoms in total. The molecule has 1 atom stereocenters. The van der Waals surface area contributed by atoms with E-state index in [1.807, 2.05) is 0 Å². The smallest absolute Gasteiger partial charge is 0.406 e. The highest BCUT2D eigenvalue weighted by Crippen LogP contribution is 1.70. The van der Waals surface area contributed by atoms with Crippen molar-refractivity contribution in [1.29, 1.82) is 0 Å². The molecule has 0 aliphatic carbocycles. The molecule has 0 spiro atoms. The number of rotatable bonds is 2. The molecule has 6 heteroatoms. The molecule has 1 amide bonds. The van der Waals surface area contributed by atoms with Gasteiger partial charge in [-0.25, -0.2) is 9.59 Å². The summed E-state index contributed by atoms with van der Waals surface area (Å²) in [4.78, 5) is 19.4. The zero-order valence-electron chi connectivity index (χ0n) is 4.37. The van der Waals surface area contributed by atoms with Gasteiger partial charge >= 0.3 is 12.1 Å². The molecule has 0 aromatic carbocycles. The Kier molecular flexibility index (Phi) is 2.46. The van der Waals surface area contributed by atoms with E-state index in [1.54, 1.807) is 0 Å². The summed E-state index contributed by atoms with van der Waals surface area (Å²) in [5, 5.41) is 17.4. The largest absolute Gasteiger partial charge is 0.479 e. The van der Waals surface area contributed by atoms with Crippen LogP contribution in [0.5, 0.6) is 0 Å². The summed E-state index contributed by atoms with van der Waals surface area (Å²) >= 11 is 0. The van der Waals surface area contributed by atoms with Crippen molar-refractivity contribution in [2.45, 2.75) is 6.17 Å². The van der Waals surface area contributed by atoms with Gasteiger partial charge in [0.1, 0.15) is 0 Å². The van der Waals surface area contributed by atoms with Crippen molar-refractivity contribution < 1.29 is 19.8 Å². The minimum atomic E-state index is -1.54. The van der Waals surface area contributed by atoms with E-state index >= 15 is 0 Å². The summed E-state index contributed by atoms with van der Waals surface area (Å²) in [7, 11) is 0. The zero-order valence-corrected chi connectivity index (χ0v) is 4.37. The fraction of sp³-hybridized carbons (Fsp3) is 0.333. The van der Waals surface area contributed by atoms with Gasteiger partial charge < -0.3 is 15.9 Å². The normalized spacial score (nSPS) is 12.1. The first-order valence-electron chi connectivity index (χ1n) is 2.02. The van der Waals surface area contributed by atoms with Crippen LogP contribution in [0, 0.1) is 0 Å². The summed E-state index contributed by atoms with van der Waals surface area (Å²) in [5.74, 6) is -1.41. The van der Waals surface area contributed by atoms with Crippen LogP contribution in [0.1, 0.15) is 0 Å². The van der Waals surface area contributed by atoms with Crippen LogP contribution < -0.4 is 11.1 Å². The molecule has 0 saturated carbocycles. The maximum atomic E-state index is 9.78. The van der Waals surface area contributed by atoms with Crippen molar-refractivity contribution in [3.8, 4) is 0 Å². The summed E-state index contributed by atoms with van der Waals surface area (Å²) in [5.41, 5.74) is 4.73. The van der Waals surface area contributed by atoms with Gasteiger partial charge in [-0.3, -0.25) is 5.32 Å². The molecule has 0 heterocycles. The van der Waals surface area contributed by atoms with Crippen LogP contribution in [-0.2, 0) is 4.79 Å². The van der Waals surface area contributed by atoms with Gasteiger partial charge in [0.25, 0.3) is 0 Å². The fourth-order valence-electron chi connectivity index (χ4n) is 0.195. The summed E-state index contributed by atoms with van der Waals surface area (Å²) in [6.45, 7) is 0. The number of carbonyl (C=O) groups is 2. The molecule has 52 valence electrons. The molecular weight excluding hydrogens is 128 g/mol. The maximum absolute atomic E-state index is 9.78. The highest BCUT2D eigenvalue weighted by atomic mass is 16.4. The third kappa shape index (κ3) is 3.30. The van der Waals surface area contributed by atoms with E-state index in [9.17, 15) is 9.59 Å². The van der Waals surface area contributed by atoms with Gasteiger partial charge in [-0.15, -0.1) is 0 Å². The first kappa shape index (κ1) is 7.70. The average molecular weight is 134 g/mol. The Morgan fingerprint density at radius 1 is 1.44 bits per heavy atom. The van der Waals surface area contributed by atoms with Crippen LogP contribution in [0.2, 0.25) is 0 Å². The van der Waals surface area contributed by atoms with Gasteiger partial charge in [0.2, 0.25) is 0 Å². The summed E-state index contributed by atoms with van der Waals surface area (Å²) in [6, 6.07) is 0. The molecule has 0 fully saturated rings. The first-order valence-corrected chi connectivity index (χ1v) is 2.02. The third-order valence-corrected chi connectivity index (χ3v) is 0.545. The molecule has 0 aromatic heterocycles. The second kappa shape index (κ2) is 2.88. The van der Waals surface area contributed by atoms with E-state index in [0.717, 1.165) is 0 Å². The van der Waals surface area contributed by atoms with E-state index in [4.69, 9.17) is 15.9 Å².